The van der Waals surface area contributed by atoms with Crippen LogP contribution < -0.4 is 0 Å². The number of hydrogen-bond donors (Lipinski definition) is 0. The van der Waals surface area contributed by atoms with Crippen molar-refractivity contribution in [1.82, 2.24) is 9.97 Å². The molecule has 0 aliphatic carbocycles. The summed E-state index contributed by atoms with van der Waals surface area (Å²) in [6.45, 7) is 0. The van der Waals surface area contributed by atoms with Crippen LogP contribution in [0.1, 0.15) is 0 Å². The van der Waals surface area contributed by atoms with E-state index < -0.39 is 0 Å². The Morgan fingerprint density at radius 1 is 0.262 bits per heavy atom. The molecule has 0 bridgehead atoms. The molecule has 3 heteroatoms. The number of rotatable bonds is 6. The van der Waals surface area contributed by atoms with E-state index in [0.717, 1.165) is 33.5 Å². The Morgan fingerprint density at radius 2 is 0.815 bits per heavy atom. The molecule has 0 radical (unpaired) electrons. The molecule has 0 atom stereocenters. The van der Waals surface area contributed by atoms with Crippen molar-refractivity contribution < 1.29 is 0 Å². The molecule has 2 aromatic heterocycles. The van der Waals surface area contributed by atoms with Gasteiger partial charge in [-0.3, -0.25) is 0 Å². The maximum atomic E-state index is 5.25. The highest BCUT2D eigenvalue weighted by Crippen LogP contribution is 2.42. The number of aromatic nitrogens is 2. The summed E-state index contributed by atoms with van der Waals surface area (Å²) in [6.07, 6.45) is 0. The zero-order valence-electron chi connectivity index (χ0n) is 35.2. The summed E-state index contributed by atoms with van der Waals surface area (Å²) in [6, 6.07) is 83.5. The SMILES string of the molecule is c1ccc(-c2nc(-c3ccc4c(c3)sc3ccccc34)cc(-c3ccc(-c4ccc(-c5ccc(-c6c7ccccc7cc7c6ccc6ccccc67)cc5)cc4)c4ccccc34)n2)cc1. The molecular formula is C62H38N2S. The lowest BCUT2D eigenvalue weighted by atomic mass is 9.89. The molecule has 2 heterocycles. The second-order valence-corrected chi connectivity index (χ2v) is 17.9. The van der Waals surface area contributed by atoms with Gasteiger partial charge in [-0.2, -0.15) is 0 Å². The van der Waals surface area contributed by atoms with Crippen LogP contribution in [-0.2, 0) is 0 Å². The van der Waals surface area contributed by atoms with E-state index in [2.05, 4.69) is 212 Å². The number of fused-ring (bicyclic) bond motifs is 8. The van der Waals surface area contributed by atoms with Crippen LogP contribution in [0.2, 0.25) is 0 Å². The molecule has 13 aromatic rings. The lowest BCUT2D eigenvalue weighted by molar-refractivity contribution is 1.19. The van der Waals surface area contributed by atoms with Crippen LogP contribution >= 0.6 is 11.3 Å². The normalized spacial score (nSPS) is 11.7. The first-order valence-corrected chi connectivity index (χ1v) is 22.9. The second kappa shape index (κ2) is 15.2. The third kappa shape index (κ3) is 6.39. The van der Waals surface area contributed by atoms with Crippen LogP contribution in [-0.4, -0.2) is 9.97 Å². The number of hydrogen-bond acceptors (Lipinski definition) is 3. The summed E-state index contributed by atoms with van der Waals surface area (Å²) < 4.78 is 2.55. The van der Waals surface area contributed by atoms with Gasteiger partial charge in [0.1, 0.15) is 0 Å². The van der Waals surface area contributed by atoms with Crippen molar-refractivity contribution in [3.05, 3.63) is 231 Å². The molecule has 0 saturated carbocycles. The molecule has 0 N–H and O–H groups in total. The fraction of sp³-hybridized carbons (Fsp3) is 0. The lowest BCUT2D eigenvalue weighted by Crippen LogP contribution is -1.96. The standard InChI is InChI=1S/C62H38N2S/c1-2-13-44(14-3-1)62-63-57(46-31-32-54-53-20-10-11-21-59(53)65-60(54)37-46)38-58(64-62)52-35-34-48(50-18-8-9-19-51(50)52)42-26-22-39(23-27-42)40-24-28-43(29-25-40)61-49-17-7-5-15-45(49)36-56-47-16-6-4-12-41(47)30-33-55(56)61/h1-38H. The van der Waals surface area contributed by atoms with Crippen LogP contribution in [0.5, 0.6) is 0 Å². The molecule has 2 nitrogen and oxygen atoms in total. The van der Waals surface area contributed by atoms with Gasteiger partial charge in [-0.05, 0) is 101 Å². The molecule has 11 aromatic carbocycles. The zero-order valence-corrected chi connectivity index (χ0v) is 36.1. The number of thiophene rings is 1. The second-order valence-electron chi connectivity index (χ2n) is 16.9. The molecule has 0 aliphatic rings. The fourth-order valence-electron chi connectivity index (χ4n) is 9.91. The summed E-state index contributed by atoms with van der Waals surface area (Å²) in [5, 5.41) is 12.6. The van der Waals surface area contributed by atoms with Gasteiger partial charge in [-0.1, -0.05) is 206 Å². The maximum absolute atomic E-state index is 5.25. The van der Waals surface area contributed by atoms with E-state index in [1.165, 1.54) is 91.3 Å². The molecule has 0 saturated heterocycles. The van der Waals surface area contributed by atoms with E-state index in [-0.39, 0.29) is 0 Å². The van der Waals surface area contributed by atoms with Gasteiger partial charge in [-0.15, -0.1) is 11.3 Å². The van der Waals surface area contributed by atoms with Gasteiger partial charge in [0, 0.05) is 36.9 Å². The van der Waals surface area contributed by atoms with Crippen molar-refractivity contribution in [1.29, 1.82) is 0 Å². The van der Waals surface area contributed by atoms with Crippen LogP contribution in [0.3, 0.4) is 0 Å². The van der Waals surface area contributed by atoms with Crippen molar-refractivity contribution in [3.63, 3.8) is 0 Å². The van der Waals surface area contributed by atoms with Gasteiger partial charge in [-0.25, -0.2) is 9.97 Å². The minimum atomic E-state index is 0.713. The Hall–Kier alpha value is -8.24. The molecule has 302 valence electrons. The highest BCUT2D eigenvalue weighted by molar-refractivity contribution is 7.25. The van der Waals surface area contributed by atoms with Crippen molar-refractivity contribution in [2.45, 2.75) is 0 Å². The van der Waals surface area contributed by atoms with Crippen molar-refractivity contribution in [2.75, 3.05) is 0 Å². The Morgan fingerprint density at radius 3 is 1.60 bits per heavy atom. The summed E-state index contributed by atoms with van der Waals surface area (Å²) in [7, 11) is 0. The van der Waals surface area contributed by atoms with E-state index in [0.29, 0.717) is 5.82 Å². The Balaban J connectivity index is 0.862. The third-order valence-electron chi connectivity index (χ3n) is 13.1. The largest absolute Gasteiger partial charge is 0.228 e. The van der Waals surface area contributed by atoms with Gasteiger partial charge in [0.15, 0.2) is 5.82 Å². The van der Waals surface area contributed by atoms with Crippen molar-refractivity contribution >= 4 is 74.6 Å². The Bertz CT molecular complexity index is 3980. The molecule has 13 rings (SSSR count). The van der Waals surface area contributed by atoms with E-state index in [4.69, 9.17) is 9.97 Å². The summed E-state index contributed by atoms with van der Waals surface area (Å²) in [4.78, 5) is 10.4. The smallest absolute Gasteiger partial charge is 0.160 e. The predicted molar refractivity (Wildman–Crippen MR) is 278 cm³/mol. The quantitative estimate of drug-likeness (QED) is 0.123. The molecule has 0 fully saturated rings. The van der Waals surface area contributed by atoms with E-state index >= 15 is 0 Å². The molecule has 0 amide bonds. The highest BCUT2D eigenvalue weighted by Gasteiger charge is 2.17. The monoisotopic (exact) mass is 842 g/mol. The zero-order chi connectivity index (χ0) is 42.8. The Kier molecular flexibility index (Phi) is 8.75. The van der Waals surface area contributed by atoms with Crippen LogP contribution in [0.25, 0.3) is 131 Å². The summed E-state index contributed by atoms with van der Waals surface area (Å²) in [5.74, 6) is 0.713. The molecular weight excluding hydrogens is 805 g/mol. The van der Waals surface area contributed by atoms with Crippen LogP contribution in [0, 0.1) is 0 Å². The third-order valence-corrected chi connectivity index (χ3v) is 14.2. The van der Waals surface area contributed by atoms with Gasteiger partial charge in [0.25, 0.3) is 0 Å². The first-order chi connectivity index (χ1) is 32.2. The summed E-state index contributed by atoms with van der Waals surface area (Å²) >= 11 is 1.83. The van der Waals surface area contributed by atoms with Crippen molar-refractivity contribution in [3.8, 4) is 67.3 Å². The van der Waals surface area contributed by atoms with E-state index in [9.17, 15) is 0 Å². The lowest BCUT2D eigenvalue weighted by Gasteiger charge is -2.15. The fourth-order valence-corrected chi connectivity index (χ4v) is 11.1. The van der Waals surface area contributed by atoms with Gasteiger partial charge in [0.2, 0.25) is 0 Å². The summed E-state index contributed by atoms with van der Waals surface area (Å²) in [5.41, 5.74) is 12.2. The first-order valence-electron chi connectivity index (χ1n) is 22.1. The van der Waals surface area contributed by atoms with Gasteiger partial charge >= 0.3 is 0 Å². The highest BCUT2D eigenvalue weighted by atomic mass is 32.1. The Labute approximate surface area is 380 Å². The van der Waals surface area contributed by atoms with E-state index in [1.54, 1.807) is 0 Å². The van der Waals surface area contributed by atoms with Crippen LogP contribution in [0.15, 0.2) is 231 Å². The number of benzene rings is 11. The predicted octanol–water partition coefficient (Wildman–Crippen LogP) is 17.5. The molecule has 0 spiro atoms. The molecule has 0 unspecified atom stereocenters. The molecule has 0 aliphatic heterocycles. The van der Waals surface area contributed by atoms with Crippen molar-refractivity contribution in [2.24, 2.45) is 0 Å². The minimum absolute atomic E-state index is 0.713. The van der Waals surface area contributed by atoms with Gasteiger partial charge in [0.05, 0.1) is 11.4 Å². The number of nitrogens with zero attached hydrogens (tertiary/aromatic N) is 2. The average molecular weight is 843 g/mol. The van der Waals surface area contributed by atoms with E-state index in [1.807, 2.05) is 29.5 Å². The van der Waals surface area contributed by atoms with Crippen LogP contribution in [0.4, 0.5) is 0 Å². The topological polar surface area (TPSA) is 25.8 Å². The van der Waals surface area contributed by atoms with Gasteiger partial charge < -0.3 is 0 Å². The average Bonchev–Trinajstić information content (AvgIpc) is 3.76. The minimum Gasteiger partial charge on any atom is -0.228 e. The first kappa shape index (κ1) is 37.3. The molecule has 65 heavy (non-hydrogen) atoms. The maximum Gasteiger partial charge on any atom is 0.160 e.